The Morgan fingerprint density at radius 1 is 1.42 bits per heavy atom. The number of rotatable bonds is 4. The van der Waals surface area contributed by atoms with Gasteiger partial charge in [-0.2, -0.15) is 8.42 Å². The van der Waals surface area contributed by atoms with Gasteiger partial charge in [-0.1, -0.05) is 11.6 Å². The SMILES string of the molecule is CCn1cnc(S(=O)(=O)Nc2cnc(Cl)c(C)c2)c1. The summed E-state index contributed by atoms with van der Waals surface area (Å²) in [6, 6.07) is 1.61. The monoisotopic (exact) mass is 300 g/mol. The molecule has 2 aromatic heterocycles. The smallest absolute Gasteiger partial charge is 0.280 e. The van der Waals surface area contributed by atoms with Crippen molar-refractivity contribution in [3.63, 3.8) is 0 Å². The summed E-state index contributed by atoms with van der Waals surface area (Å²) in [5.74, 6) is 0. The molecule has 0 atom stereocenters. The van der Waals surface area contributed by atoms with Gasteiger partial charge in [0.05, 0.1) is 18.2 Å². The Kier molecular flexibility index (Phi) is 3.77. The zero-order chi connectivity index (χ0) is 14.0. The summed E-state index contributed by atoms with van der Waals surface area (Å²) in [4.78, 5) is 7.75. The highest BCUT2D eigenvalue weighted by molar-refractivity contribution is 7.92. The molecule has 0 saturated heterocycles. The summed E-state index contributed by atoms with van der Waals surface area (Å²) in [7, 11) is -3.70. The van der Waals surface area contributed by atoms with Gasteiger partial charge in [-0.05, 0) is 25.5 Å². The molecule has 0 fully saturated rings. The summed E-state index contributed by atoms with van der Waals surface area (Å²) in [6.07, 6.45) is 4.31. The standard InChI is InChI=1S/C11H13ClN4O2S/c1-3-16-6-10(14-7-16)19(17,18)15-9-4-8(2)11(12)13-5-9/h4-7,15H,3H2,1-2H3. The van der Waals surface area contributed by atoms with E-state index >= 15 is 0 Å². The number of sulfonamides is 1. The van der Waals surface area contributed by atoms with Crippen LogP contribution in [0.15, 0.2) is 29.8 Å². The Bertz CT molecular complexity index is 696. The Morgan fingerprint density at radius 3 is 2.74 bits per heavy atom. The average Bonchev–Trinajstić information content (AvgIpc) is 2.83. The van der Waals surface area contributed by atoms with Crippen LogP contribution in [-0.2, 0) is 16.6 Å². The van der Waals surface area contributed by atoms with E-state index in [4.69, 9.17) is 11.6 Å². The fraction of sp³-hybridized carbons (Fsp3) is 0.273. The molecule has 0 aliphatic carbocycles. The van der Waals surface area contributed by atoms with Crippen molar-refractivity contribution in [1.29, 1.82) is 0 Å². The van der Waals surface area contributed by atoms with Gasteiger partial charge in [-0.15, -0.1) is 0 Å². The zero-order valence-electron chi connectivity index (χ0n) is 10.5. The molecule has 6 nitrogen and oxygen atoms in total. The Labute approximate surface area is 116 Å². The van der Waals surface area contributed by atoms with Crippen molar-refractivity contribution < 1.29 is 8.42 Å². The summed E-state index contributed by atoms with van der Waals surface area (Å²) < 4.78 is 28.3. The number of halogens is 1. The highest BCUT2D eigenvalue weighted by Crippen LogP contribution is 2.19. The van der Waals surface area contributed by atoms with Crippen molar-refractivity contribution in [3.05, 3.63) is 35.5 Å². The fourth-order valence-electron chi connectivity index (χ4n) is 1.47. The van der Waals surface area contributed by atoms with Gasteiger partial charge in [-0.3, -0.25) is 4.72 Å². The van der Waals surface area contributed by atoms with Crippen molar-refractivity contribution in [2.24, 2.45) is 0 Å². The third-order valence-electron chi connectivity index (χ3n) is 2.52. The molecule has 0 radical (unpaired) electrons. The molecule has 8 heteroatoms. The second-order valence-electron chi connectivity index (χ2n) is 3.98. The van der Waals surface area contributed by atoms with Crippen LogP contribution in [0.2, 0.25) is 5.15 Å². The largest absolute Gasteiger partial charge is 0.336 e. The third kappa shape index (κ3) is 3.05. The molecule has 0 saturated carbocycles. The van der Waals surface area contributed by atoms with Crippen LogP contribution in [0, 0.1) is 6.92 Å². The molecule has 1 N–H and O–H groups in total. The van der Waals surface area contributed by atoms with E-state index in [1.165, 1.54) is 18.7 Å². The second kappa shape index (κ2) is 5.18. The second-order valence-corrected chi connectivity index (χ2v) is 5.97. The topological polar surface area (TPSA) is 76.9 Å². The molecule has 2 aromatic rings. The maximum absolute atomic E-state index is 12.1. The first-order valence-electron chi connectivity index (χ1n) is 5.59. The number of aromatic nitrogens is 3. The van der Waals surface area contributed by atoms with E-state index in [1.807, 2.05) is 6.92 Å². The molecule has 0 spiro atoms. The predicted octanol–water partition coefficient (Wildman–Crippen LogP) is 2.06. The minimum atomic E-state index is -3.70. The maximum atomic E-state index is 12.1. The number of hydrogen-bond acceptors (Lipinski definition) is 4. The van der Waals surface area contributed by atoms with Crippen LogP contribution < -0.4 is 4.72 Å². The quantitative estimate of drug-likeness (QED) is 0.877. The minimum absolute atomic E-state index is 0.0260. The lowest BCUT2D eigenvalue weighted by Crippen LogP contribution is -2.13. The Balaban J connectivity index is 2.28. The van der Waals surface area contributed by atoms with Gasteiger partial charge in [0, 0.05) is 12.7 Å². The van der Waals surface area contributed by atoms with Crippen LogP contribution >= 0.6 is 11.6 Å². The van der Waals surface area contributed by atoms with Gasteiger partial charge in [0.1, 0.15) is 5.15 Å². The lowest BCUT2D eigenvalue weighted by atomic mass is 10.3. The average molecular weight is 301 g/mol. The van der Waals surface area contributed by atoms with Gasteiger partial charge in [-0.25, -0.2) is 9.97 Å². The number of hydrogen-bond donors (Lipinski definition) is 1. The third-order valence-corrected chi connectivity index (χ3v) is 4.18. The summed E-state index contributed by atoms with van der Waals surface area (Å²) in [5.41, 5.74) is 1.05. The fourth-order valence-corrected chi connectivity index (χ4v) is 2.56. The van der Waals surface area contributed by atoms with E-state index < -0.39 is 10.0 Å². The van der Waals surface area contributed by atoms with E-state index in [0.717, 1.165) is 0 Å². The number of nitrogens with zero attached hydrogens (tertiary/aromatic N) is 3. The van der Waals surface area contributed by atoms with Crippen molar-refractivity contribution in [1.82, 2.24) is 14.5 Å². The van der Waals surface area contributed by atoms with Crippen molar-refractivity contribution >= 4 is 27.3 Å². The highest BCUT2D eigenvalue weighted by atomic mass is 35.5. The lowest BCUT2D eigenvalue weighted by molar-refractivity contribution is 0.598. The van der Waals surface area contributed by atoms with Gasteiger partial charge < -0.3 is 4.57 Å². The molecule has 0 aliphatic rings. The molecular weight excluding hydrogens is 288 g/mol. The van der Waals surface area contributed by atoms with Crippen LogP contribution in [0.5, 0.6) is 0 Å². The molecule has 0 bridgehead atoms. The zero-order valence-corrected chi connectivity index (χ0v) is 12.0. The number of aryl methyl sites for hydroxylation is 2. The van der Waals surface area contributed by atoms with E-state index in [9.17, 15) is 8.42 Å². The summed E-state index contributed by atoms with van der Waals surface area (Å²) >= 11 is 5.79. The molecule has 19 heavy (non-hydrogen) atoms. The van der Waals surface area contributed by atoms with E-state index in [1.54, 1.807) is 17.6 Å². The molecule has 102 valence electrons. The number of nitrogens with one attached hydrogen (secondary N) is 1. The Hall–Kier alpha value is -1.60. The molecule has 0 amide bonds. The van der Waals surface area contributed by atoms with E-state index in [0.29, 0.717) is 22.9 Å². The van der Waals surface area contributed by atoms with Gasteiger partial charge >= 0.3 is 0 Å². The first-order chi connectivity index (χ1) is 8.92. The lowest BCUT2D eigenvalue weighted by Gasteiger charge is -2.06. The van der Waals surface area contributed by atoms with Crippen molar-refractivity contribution in [2.45, 2.75) is 25.4 Å². The minimum Gasteiger partial charge on any atom is -0.336 e. The van der Waals surface area contributed by atoms with E-state index in [-0.39, 0.29) is 5.03 Å². The number of pyridine rings is 1. The first kappa shape index (κ1) is 13.8. The van der Waals surface area contributed by atoms with Crippen LogP contribution in [0.3, 0.4) is 0 Å². The van der Waals surface area contributed by atoms with Gasteiger partial charge in [0.25, 0.3) is 10.0 Å². The first-order valence-corrected chi connectivity index (χ1v) is 7.45. The molecule has 2 rings (SSSR count). The van der Waals surface area contributed by atoms with Gasteiger partial charge in [0.15, 0.2) is 5.03 Å². The number of imidazole rings is 1. The summed E-state index contributed by atoms with van der Waals surface area (Å²) in [6.45, 7) is 4.31. The highest BCUT2D eigenvalue weighted by Gasteiger charge is 2.17. The van der Waals surface area contributed by atoms with Crippen molar-refractivity contribution in [2.75, 3.05) is 4.72 Å². The molecule has 0 unspecified atom stereocenters. The van der Waals surface area contributed by atoms with Crippen molar-refractivity contribution in [3.8, 4) is 0 Å². The molecule has 0 aromatic carbocycles. The molecule has 0 aliphatic heterocycles. The number of anilines is 1. The molecular formula is C11H13ClN4O2S. The Morgan fingerprint density at radius 2 is 2.16 bits per heavy atom. The van der Waals surface area contributed by atoms with Gasteiger partial charge in [0.2, 0.25) is 0 Å². The molecule has 2 heterocycles. The van der Waals surface area contributed by atoms with Crippen LogP contribution in [0.4, 0.5) is 5.69 Å². The normalized spacial score (nSPS) is 11.5. The van der Waals surface area contributed by atoms with Crippen LogP contribution in [-0.4, -0.2) is 23.0 Å². The summed E-state index contributed by atoms with van der Waals surface area (Å²) in [5, 5.41) is 0.320. The van der Waals surface area contributed by atoms with E-state index in [2.05, 4.69) is 14.7 Å². The van der Waals surface area contributed by atoms with Crippen LogP contribution in [0.1, 0.15) is 12.5 Å². The predicted molar refractivity (Wildman–Crippen MR) is 72.7 cm³/mol. The van der Waals surface area contributed by atoms with Crippen LogP contribution in [0.25, 0.3) is 0 Å². The maximum Gasteiger partial charge on any atom is 0.280 e.